The van der Waals surface area contributed by atoms with Crippen molar-refractivity contribution in [2.45, 2.75) is 0 Å². The Hall–Kier alpha value is -2.73. The second-order valence-electron chi connectivity index (χ2n) is 4.98. The van der Waals surface area contributed by atoms with Crippen molar-refractivity contribution in [1.82, 2.24) is 0 Å². The largest absolute Gasteiger partial charge is 0.495 e. The highest BCUT2D eigenvalue weighted by atomic mass is 79.9. The number of hydrogen-bond acceptors (Lipinski definition) is 7. The van der Waals surface area contributed by atoms with Crippen LogP contribution in [0.2, 0.25) is 0 Å². The van der Waals surface area contributed by atoms with Crippen molar-refractivity contribution in [3.8, 4) is 11.5 Å². The van der Waals surface area contributed by atoms with Gasteiger partial charge >= 0.3 is 11.4 Å². The number of benzene rings is 2. The molecule has 0 fully saturated rings. The van der Waals surface area contributed by atoms with E-state index in [4.69, 9.17) is 9.47 Å². The molecule has 10 nitrogen and oxygen atoms in total. The van der Waals surface area contributed by atoms with Gasteiger partial charge in [0, 0.05) is 16.6 Å². The summed E-state index contributed by atoms with van der Waals surface area (Å²) >= 11 is 6.51. The highest BCUT2D eigenvalue weighted by molar-refractivity contribution is 9.11. The molecular weight excluding hydrogens is 494 g/mol. The number of nitro groups is 2. The molecule has 12 heteroatoms. The van der Waals surface area contributed by atoms with Gasteiger partial charge in [0.05, 0.1) is 39.8 Å². The van der Waals surface area contributed by atoms with Gasteiger partial charge in [0.15, 0.2) is 0 Å². The maximum atomic E-state index is 12.6. The first-order valence-corrected chi connectivity index (χ1v) is 8.63. The zero-order chi connectivity index (χ0) is 20.3. The first-order valence-electron chi connectivity index (χ1n) is 7.04. The maximum absolute atomic E-state index is 12.6. The fourth-order valence-electron chi connectivity index (χ4n) is 2.29. The van der Waals surface area contributed by atoms with Crippen molar-refractivity contribution in [1.29, 1.82) is 0 Å². The van der Waals surface area contributed by atoms with E-state index in [1.807, 2.05) is 0 Å². The van der Waals surface area contributed by atoms with Gasteiger partial charge in [-0.25, -0.2) is 0 Å². The Morgan fingerprint density at radius 2 is 1.48 bits per heavy atom. The van der Waals surface area contributed by atoms with Crippen LogP contribution in [0.15, 0.2) is 33.2 Å². The number of ether oxygens (including phenoxy) is 2. The Balaban J connectivity index is 2.53. The lowest BCUT2D eigenvalue weighted by atomic mass is 10.1. The van der Waals surface area contributed by atoms with Crippen molar-refractivity contribution < 1.29 is 24.1 Å². The summed E-state index contributed by atoms with van der Waals surface area (Å²) in [5, 5.41) is 24.8. The molecule has 0 aliphatic heterocycles. The van der Waals surface area contributed by atoms with Gasteiger partial charge in [-0.3, -0.25) is 25.0 Å². The predicted molar refractivity (Wildman–Crippen MR) is 103 cm³/mol. The number of nitrogens with zero attached hydrogens (tertiary/aromatic N) is 2. The van der Waals surface area contributed by atoms with Crippen molar-refractivity contribution in [3.63, 3.8) is 0 Å². The molecule has 1 amide bonds. The van der Waals surface area contributed by atoms with Gasteiger partial charge in [-0.05, 0) is 28.1 Å². The standard InChI is InChI=1S/C15H11Br2N3O7/c1-26-13-9(3-7(16)4-10(13)17)15(21)18-8-5-11(19(22)23)14(27-2)12(6-8)20(24)25/h3-6H,1-2H3,(H,18,21). The van der Waals surface area contributed by atoms with Gasteiger partial charge in [0.25, 0.3) is 11.7 Å². The third-order valence-corrected chi connectivity index (χ3v) is 4.41. The third kappa shape index (κ3) is 4.34. The molecule has 2 aromatic rings. The number of methoxy groups -OCH3 is 2. The Morgan fingerprint density at radius 3 is 1.93 bits per heavy atom. The number of hydrogen-bond donors (Lipinski definition) is 1. The Kier molecular flexibility index (Phi) is 6.33. The van der Waals surface area contributed by atoms with E-state index in [1.54, 1.807) is 6.07 Å². The maximum Gasteiger partial charge on any atom is 0.320 e. The number of amides is 1. The van der Waals surface area contributed by atoms with Gasteiger partial charge in [-0.15, -0.1) is 0 Å². The van der Waals surface area contributed by atoms with Gasteiger partial charge in [0.1, 0.15) is 5.75 Å². The average Bonchev–Trinajstić information content (AvgIpc) is 2.60. The van der Waals surface area contributed by atoms with Crippen LogP contribution in [-0.2, 0) is 0 Å². The molecule has 2 aromatic carbocycles. The van der Waals surface area contributed by atoms with Crippen LogP contribution >= 0.6 is 31.9 Å². The Morgan fingerprint density at radius 1 is 0.963 bits per heavy atom. The highest BCUT2D eigenvalue weighted by Crippen LogP contribution is 2.40. The molecule has 0 radical (unpaired) electrons. The summed E-state index contributed by atoms with van der Waals surface area (Å²) in [5.41, 5.74) is -1.33. The zero-order valence-corrected chi connectivity index (χ0v) is 17.0. The second kappa shape index (κ2) is 8.31. The van der Waals surface area contributed by atoms with Gasteiger partial charge in [-0.2, -0.15) is 0 Å². The number of halogens is 2. The van der Waals surface area contributed by atoms with Crippen molar-refractivity contribution in [2.75, 3.05) is 19.5 Å². The molecule has 0 heterocycles. The summed E-state index contributed by atoms with van der Waals surface area (Å²) < 4.78 is 11.0. The molecule has 0 saturated carbocycles. The third-order valence-electron chi connectivity index (χ3n) is 3.36. The summed E-state index contributed by atoms with van der Waals surface area (Å²) in [6.45, 7) is 0. The van der Waals surface area contributed by atoms with E-state index in [9.17, 15) is 25.0 Å². The lowest BCUT2D eigenvalue weighted by Gasteiger charge is -2.12. The molecule has 0 aliphatic carbocycles. The number of anilines is 1. The van der Waals surface area contributed by atoms with Crippen LogP contribution in [0.1, 0.15) is 10.4 Å². The summed E-state index contributed by atoms with van der Waals surface area (Å²) in [6, 6.07) is 5.09. The molecule has 1 N–H and O–H groups in total. The van der Waals surface area contributed by atoms with Crippen molar-refractivity contribution in [2.24, 2.45) is 0 Å². The number of nitrogens with one attached hydrogen (secondary N) is 1. The molecule has 0 atom stereocenters. The van der Waals surface area contributed by atoms with Crippen LogP contribution < -0.4 is 14.8 Å². The SMILES string of the molecule is COc1c(Br)cc(Br)cc1C(=O)Nc1cc([N+](=O)[O-])c(OC)c([N+](=O)[O-])c1. The Labute approximate surface area is 169 Å². The summed E-state index contributed by atoms with van der Waals surface area (Å²) in [4.78, 5) is 33.4. The van der Waals surface area contributed by atoms with Crippen molar-refractivity contribution >= 4 is 54.8 Å². The van der Waals surface area contributed by atoms with E-state index in [2.05, 4.69) is 37.2 Å². The molecule has 0 spiro atoms. The molecule has 0 aliphatic rings. The van der Waals surface area contributed by atoms with Gasteiger partial charge in [0.2, 0.25) is 0 Å². The topological polar surface area (TPSA) is 134 Å². The number of nitro benzene ring substituents is 2. The minimum absolute atomic E-state index is 0.111. The Bertz CT molecular complexity index is 914. The summed E-state index contributed by atoms with van der Waals surface area (Å²) in [7, 11) is 2.45. The lowest BCUT2D eigenvalue weighted by Crippen LogP contribution is -2.14. The van der Waals surface area contributed by atoms with Crippen molar-refractivity contribution in [3.05, 3.63) is 59.0 Å². The molecule has 0 saturated heterocycles. The van der Waals surface area contributed by atoms with Gasteiger partial charge in [-0.1, -0.05) is 15.9 Å². The van der Waals surface area contributed by atoms with E-state index in [-0.39, 0.29) is 17.0 Å². The summed E-state index contributed by atoms with van der Waals surface area (Å²) in [5.74, 6) is -0.957. The lowest BCUT2D eigenvalue weighted by molar-refractivity contribution is -0.395. The molecule has 142 valence electrons. The van der Waals surface area contributed by atoms with Crippen LogP contribution in [0.25, 0.3) is 0 Å². The zero-order valence-electron chi connectivity index (χ0n) is 13.8. The first kappa shape index (κ1) is 20.6. The normalized spacial score (nSPS) is 10.2. The number of carbonyl (C=O) groups excluding carboxylic acids is 1. The highest BCUT2D eigenvalue weighted by Gasteiger charge is 2.29. The van der Waals surface area contributed by atoms with E-state index >= 15 is 0 Å². The first-order chi connectivity index (χ1) is 12.7. The fraction of sp³-hybridized carbons (Fsp3) is 0.133. The smallest absolute Gasteiger partial charge is 0.320 e. The van der Waals surface area contributed by atoms with Crippen LogP contribution in [0.3, 0.4) is 0 Å². The van der Waals surface area contributed by atoms with Crippen LogP contribution in [0.4, 0.5) is 17.1 Å². The van der Waals surface area contributed by atoms with E-state index in [0.29, 0.717) is 8.95 Å². The van der Waals surface area contributed by atoms with E-state index in [0.717, 1.165) is 19.2 Å². The molecule has 0 aromatic heterocycles. The quantitative estimate of drug-likeness (QED) is 0.457. The van der Waals surface area contributed by atoms with E-state index in [1.165, 1.54) is 13.2 Å². The van der Waals surface area contributed by atoms with Crippen LogP contribution in [-0.4, -0.2) is 30.0 Å². The van der Waals surface area contributed by atoms with E-state index < -0.39 is 32.9 Å². The predicted octanol–water partition coefficient (Wildman–Crippen LogP) is 4.30. The monoisotopic (exact) mass is 503 g/mol. The molecule has 27 heavy (non-hydrogen) atoms. The number of rotatable bonds is 6. The molecule has 2 rings (SSSR count). The molecule has 0 bridgehead atoms. The fourth-order valence-corrected chi connectivity index (χ4v) is 3.67. The average molecular weight is 505 g/mol. The van der Waals surface area contributed by atoms with Crippen LogP contribution in [0, 0.1) is 20.2 Å². The minimum atomic E-state index is -0.836. The summed E-state index contributed by atoms with van der Waals surface area (Å²) in [6.07, 6.45) is 0. The minimum Gasteiger partial charge on any atom is -0.495 e. The molecular formula is C15H11Br2N3O7. The van der Waals surface area contributed by atoms with Gasteiger partial charge < -0.3 is 14.8 Å². The molecule has 0 unspecified atom stereocenters. The number of carbonyl (C=O) groups is 1. The van der Waals surface area contributed by atoms with Crippen LogP contribution in [0.5, 0.6) is 11.5 Å². The second-order valence-corrected chi connectivity index (χ2v) is 6.75.